The van der Waals surface area contributed by atoms with Crippen LogP contribution in [-0.2, 0) is 28.5 Å². The van der Waals surface area contributed by atoms with Gasteiger partial charge in [0.15, 0.2) is 35.6 Å². The number of phenols is 1. The molecule has 46 heavy (non-hydrogen) atoms. The second kappa shape index (κ2) is 11.6. The number of cyclic esters (lactones) is 1. The minimum Gasteiger partial charge on any atom is -0.502 e. The molecule has 2 aromatic carbocycles. The van der Waals surface area contributed by atoms with E-state index in [0.717, 1.165) is 4.88 Å². The molecule has 3 fully saturated rings. The first-order valence-corrected chi connectivity index (χ1v) is 15.6. The summed E-state index contributed by atoms with van der Waals surface area (Å²) in [6, 6.07) is 9.99. The maximum atomic E-state index is 13.6. The number of carbonyl (C=O) groups excluding carboxylic acids is 1. The van der Waals surface area contributed by atoms with Crippen molar-refractivity contribution in [3.05, 3.63) is 63.3 Å². The second-order valence-electron chi connectivity index (χ2n) is 11.7. The lowest BCUT2D eigenvalue weighted by molar-refractivity contribution is -0.368. The average molecular weight is 660 g/mol. The quantitative estimate of drug-likeness (QED) is 0.332. The summed E-state index contributed by atoms with van der Waals surface area (Å²) in [6.07, 6.45) is -7.58. The number of fused-ring (bicyclic) bond motifs is 4. The summed E-state index contributed by atoms with van der Waals surface area (Å²) in [4.78, 5) is 14.4. The largest absolute Gasteiger partial charge is 0.502 e. The number of aliphatic hydroxyl groups is 2. The normalized spacial score (nSPS) is 35.5. The molecule has 0 amide bonds. The second-order valence-corrected chi connectivity index (χ2v) is 12.6. The van der Waals surface area contributed by atoms with E-state index in [1.807, 2.05) is 17.5 Å². The van der Waals surface area contributed by atoms with Gasteiger partial charge >= 0.3 is 5.97 Å². The van der Waals surface area contributed by atoms with Crippen LogP contribution in [0.15, 0.2) is 41.8 Å². The summed E-state index contributed by atoms with van der Waals surface area (Å²) in [5.74, 6) is -2.99. The lowest BCUT2D eigenvalue weighted by Gasteiger charge is -2.48. The molecule has 4 aliphatic heterocycles. The van der Waals surface area contributed by atoms with Gasteiger partial charge in [0.2, 0.25) is 12.5 Å². The molecular weight excluding hydrogens is 624 g/mol. The fraction of sp³-hybridized carbons (Fsp3) is 0.469. The van der Waals surface area contributed by atoms with E-state index in [1.54, 1.807) is 12.1 Å². The molecule has 3 saturated heterocycles. The Kier molecular flexibility index (Phi) is 6.64. The molecule has 10 atom stereocenters. The highest BCUT2D eigenvalue weighted by molar-refractivity contribution is 7.10. The number of phenolic OH excluding ortho intramolecular Hbond substituents is 1. The first-order valence-electron chi connectivity index (χ1n) is 16.2. The SMILES string of the molecule is [2H]C([2H])([2H])Oc1cc([C@@H]2c3cc4c(cc3[C@@H](OC3O[C@@H]5CO[C@@H](c6cccs6)O[C@H]5[C@H](O)[C@H]3O)[C@H]3COC(=O)[C@H]23)OCO4)cc(OC)c1O. The molecular formula is C32H32O13S. The van der Waals surface area contributed by atoms with Crippen molar-refractivity contribution in [1.29, 1.82) is 0 Å². The molecule has 0 spiro atoms. The van der Waals surface area contributed by atoms with E-state index in [0.29, 0.717) is 28.2 Å². The van der Waals surface area contributed by atoms with Crippen LogP contribution in [0.2, 0.25) is 0 Å². The summed E-state index contributed by atoms with van der Waals surface area (Å²) in [7, 11) is -1.59. The first kappa shape index (κ1) is 26.4. The number of esters is 1. The predicted molar refractivity (Wildman–Crippen MR) is 156 cm³/mol. The van der Waals surface area contributed by atoms with Crippen LogP contribution in [0, 0.1) is 11.8 Å². The van der Waals surface area contributed by atoms with Crippen molar-refractivity contribution in [1.82, 2.24) is 0 Å². The molecule has 1 aliphatic carbocycles. The Balaban J connectivity index is 1.16. The van der Waals surface area contributed by atoms with Crippen molar-refractivity contribution in [3.8, 4) is 28.7 Å². The maximum Gasteiger partial charge on any atom is 0.310 e. The smallest absolute Gasteiger partial charge is 0.310 e. The molecule has 0 bridgehead atoms. The highest BCUT2D eigenvalue weighted by Crippen LogP contribution is 2.57. The fourth-order valence-electron chi connectivity index (χ4n) is 7.11. The van der Waals surface area contributed by atoms with Gasteiger partial charge in [-0.3, -0.25) is 4.79 Å². The topological polar surface area (TPSA) is 161 Å². The molecule has 244 valence electrons. The summed E-state index contributed by atoms with van der Waals surface area (Å²) in [6.45, 7) is -0.0342. The van der Waals surface area contributed by atoms with E-state index < -0.39 is 79.6 Å². The number of carbonyl (C=O) groups is 1. The molecule has 1 unspecified atom stereocenters. The van der Waals surface area contributed by atoms with Crippen LogP contribution in [0.25, 0.3) is 0 Å². The van der Waals surface area contributed by atoms with Gasteiger partial charge in [0.25, 0.3) is 0 Å². The average Bonchev–Trinajstić information content (AvgIpc) is 3.85. The Morgan fingerprint density at radius 2 is 1.76 bits per heavy atom. The van der Waals surface area contributed by atoms with Crippen LogP contribution < -0.4 is 18.9 Å². The third-order valence-electron chi connectivity index (χ3n) is 9.26. The third kappa shape index (κ3) is 4.70. The minimum atomic E-state index is -2.89. The Morgan fingerprint density at radius 3 is 2.50 bits per heavy atom. The van der Waals surface area contributed by atoms with Crippen molar-refractivity contribution < 1.29 is 66.9 Å². The van der Waals surface area contributed by atoms with E-state index in [1.165, 1.54) is 30.6 Å². The zero-order valence-electron chi connectivity index (χ0n) is 27.3. The molecule has 3 N–H and O–H groups in total. The maximum absolute atomic E-state index is 13.6. The zero-order chi connectivity index (χ0) is 34.2. The number of aromatic hydroxyl groups is 1. The van der Waals surface area contributed by atoms with E-state index in [2.05, 4.69) is 0 Å². The van der Waals surface area contributed by atoms with Crippen molar-refractivity contribution in [3.63, 3.8) is 0 Å². The van der Waals surface area contributed by atoms with Gasteiger partial charge in [-0.15, -0.1) is 11.3 Å². The van der Waals surface area contributed by atoms with Crippen LogP contribution in [-0.4, -0.2) is 86.1 Å². The van der Waals surface area contributed by atoms with Gasteiger partial charge in [0.1, 0.15) is 24.4 Å². The van der Waals surface area contributed by atoms with Crippen LogP contribution >= 0.6 is 11.3 Å². The molecule has 14 heteroatoms. The molecule has 5 aliphatic rings. The Labute approximate surface area is 271 Å². The number of hydrogen-bond acceptors (Lipinski definition) is 14. The lowest BCUT2D eigenvalue weighted by atomic mass is 9.66. The van der Waals surface area contributed by atoms with Gasteiger partial charge in [-0.25, -0.2) is 0 Å². The van der Waals surface area contributed by atoms with E-state index in [9.17, 15) is 20.1 Å². The van der Waals surface area contributed by atoms with E-state index in [-0.39, 0.29) is 31.5 Å². The number of thiophene rings is 1. The number of hydrogen-bond donors (Lipinski definition) is 3. The van der Waals surface area contributed by atoms with Crippen LogP contribution in [0.5, 0.6) is 28.7 Å². The summed E-state index contributed by atoms with van der Waals surface area (Å²) >= 11 is 1.44. The molecule has 3 aromatic rings. The Hall–Kier alpha value is -3.63. The highest BCUT2D eigenvalue weighted by Gasteiger charge is 2.56. The minimum absolute atomic E-state index is 0.0426. The molecule has 0 saturated carbocycles. The fourth-order valence-corrected chi connectivity index (χ4v) is 7.81. The number of methoxy groups -OCH3 is 2. The summed E-state index contributed by atoms with van der Waals surface area (Å²) in [5, 5.41) is 35.1. The Bertz CT molecular complexity index is 1730. The van der Waals surface area contributed by atoms with E-state index in [4.69, 9.17) is 46.7 Å². The first-order chi connectivity index (χ1) is 23.5. The van der Waals surface area contributed by atoms with Gasteiger partial charge in [-0.2, -0.15) is 0 Å². The summed E-state index contributed by atoms with van der Waals surface area (Å²) < 4.78 is 74.8. The van der Waals surface area contributed by atoms with Crippen molar-refractivity contribution >= 4 is 17.3 Å². The molecule has 0 radical (unpaired) electrons. The van der Waals surface area contributed by atoms with E-state index >= 15 is 0 Å². The zero-order valence-corrected chi connectivity index (χ0v) is 25.1. The monoisotopic (exact) mass is 659 g/mol. The Morgan fingerprint density at radius 1 is 0.978 bits per heavy atom. The number of rotatable bonds is 6. The van der Waals surface area contributed by atoms with Gasteiger partial charge in [0.05, 0.1) is 48.4 Å². The number of benzene rings is 2. The molecule has 1 aromatic heterocycles. The van der Waals surface area contributed by atoms with Crippen molar-refractivity contribution in [2.75, 3.05) is 34.2 Å². The van der Waals surface area contributed by atoms with Gasteiger partial charge < -0.3 is 58.0 Å². The third-order valence-corrected chi connectivity index (χ3v) is 10.2. The number of ether oxygens (including phenoxy) is 9. The highest BCUT2D eigenvalue weighted by atomic mass is 32.1. The van der Waals surface area contributed by atoms with Crippen molar-refractivity contribution in [2.24, 2.45) is 11.8 Å². The number of aliphatic hydroxyl groups excluding tert-OH is 2. The molecule has 8 rings (SSSR count). The summed E-state index contributed by atoms with van der Waals surface area (Å²) in [5.41, 5.74) is 1.50. The lowest BCUT2D eigenvalue weighted by Crippen LogP contribution is -2.62. The van der Waals surface area contributed by atoms with Crippen molar-refractivity contribution in [2.45, 2.75) is 49.0 Å². The van der Waals surface area contributed by atoms with Crippen LogP contribution in [0.1, 0.15) is 44.0 Å². The van der Waals surface area contributed by atoms with Gasteiger partial charge in [-0.1, -0.05) is 6.07 Å². The van der Waals surface area contributed by atoms with Crippen LogP contribution in [0.4, 0.5) is 0 Å². The molecule has 5 heterocycles. The predicted octanol–water partition coefficient (Wildman–Crippen LogP) is 2.75. The van der Waals surface area contributed by atoms with Gasteiger partial charge in [0, 0.05) is 11.8 Å². The van der Waals surface area contributed by atoms with Crippen LogP contribution in [0.3, 0.4) is 0 Å². The van der Waals surface area contributed by atoms with Gasteiger partial charge in [-0.05, 0) is 52.4 Å². The standard InChI is InChI=1S/C32H32O13S/c1-37-19-6-13(7-20(38-2)25(19)33)23-14-8-17-18(42-12-41-17)9-15(14)28(16-10-39-30(36)24(16)23)44-32-27(35)26(34)29-21(43-32)11-40-31(45-29)22-4-3-5-46-22/h3-9,16,21,23-24,26-29,31-35H,10-12H2,1-2H3/t16-,21+,23+,24-,26+,27+,28+,29+,31+,32?/m0/s1/i1D3. The molecule has 13 nitrogen and oxygen atoms in total.